The molecule has 6 heteroatoms. The van der Waals surface area contributed by atoms with E-state index in [2.05, 4.69) is 42.3 Å². The van der Waals surface area contributed by atoms with Crippen LogP contribution in [0.4, 0.5) is 5.69 Å². The van der Waals surface area contributed by atoms with Gasteiger partial charge in [0.05, 0.1) is 17.8 Å². The molecular weight excluding hydrogens is 284 g/mol. The number of nitriles is 1. The van der Waals surface area contributed by atoms with E-state index in [9.17, 15) is 0 Å². The third kappa shape index (κ3) is 2.63. The van der Waals surface area contributed by atoms with Crippen molar-refractivity contribution in [3.63, 3.8) is 0 Å². The van der Waals surface area contributed by atoms with Crippen LogP contribution in [0.2, 0.25) is 0 Å². The summed E-state index contributed by atoms with van der Waals surface area (Å²) in [5, 5.41) is 19.6. The van der Waals surface area contributed by atoms with E-state index in [4.69, 9.17) is 5.26 Å². The van der Waals surface area contributed by atoms with Crippen LogP contribution in [0, 0.1) is 18.3 Å². The van der Waals surface area contributed by atoms with E-state index in [0.717, 1.165) is 21.5 Å². The largest absolute Gasteiger partial charge is 0.378 e. The van der Waals surface area contributed by atoms with Crippen LogP contribution in [0.15, 0.2) is 27.3 Å². The molecule has 1 N–H and O–H groups in total. The normalized spacial score (nSPS) is 9.94. The highest BCUT2D eigenvalue weighted by Gasteiger charge is 2.07. The van der Waals surface area contributed by atoms with Gasteiger partial charge in [0.2, 0.25) is 0 Å². The maximum atomic E-state index is 9.00. The van der Waals surface area contributed by atoms with Gasteiger partial charge in [-0.3, -0.25) is 0 Å². The number of nitrogens with zero attached hydrogens (tertiary/aromatic N) is 3. The van der Waals surface area contributed by atoms with Gasteiger partial charge >= 0.3 is 0 Å². The summed E-state index contributed by atoms with van der Waals surface area (Å²) < 4.78 is 5.47. The van der Waals surface area contributed by atoms with Crippen molar-refractivity contribution in [2.75, 3.05) is 5.32 Å². The summed E-state index contributed by atoms with van der Waals surface area (Å²) in [5.41, 5.74) is 2.82. The molecule has 0 unspecified atom stereocenters. The van der Waals surface area contributed by atoms with Crippen molar-refractivity contribution in [3.8, 4) is 6.07 Å². The van der Waals surface area contributed by atoms with E-state index in [1.807, 2.05) is 19.1 Å². The number of nitrogens with one attached hydrogen (secondary N) is 1. The van der Waals surface area contributed by atoms with E-state index < -0.39 is 0 Å². The SMILES string of the molecule is Cc1nonc1CNc1ccc(Br)cc1C#N. The maximum Gasteiger partial charge on any atom is 0.127 e. The fourth-order valence-corrected chi connectivity index (χ4v) is 1.71. The summed E-state index contributed by atoms with van der Waals surface area (Å²) in [7, 11) is 0. The van der Waals surface area contributed by atoms with Gasteiger partial charge in [-0.2, -0.15) is 5.26 Å². The number of benzene rings is 1. The number of hydrogen-bond donors (Lipinski definition) is 1. The highest BCUT2D eigenvalue weighted by atomic mass is 79.9. The minimum atomic E-state index is 0.478. The zero-order valence-electron chi connectivity index (χ0n) is 9.07. The third-order valence-electron chi connectivity index (χ3n) is 2.29. The smallest absolute Gasteiger partial charge is 0.127 e. The lowest BCUT2D eigenvalue weighted by Crippen LogP contribution is -2.02. The minimum Gasteiger partial charge on any atom is -0.378 e. The van der Waals surface area contributed by atoms with Crippen LogP contribution in [-0.4, -0.2) is 10.3 Å². The molecule has 1 heterocycles. The number of hydrogen-bond acceptors (Lipinski definition) is 5. The summed E-state index contributed by atoms with van der Waals surface area (Å²) in [5.74, 6) is 0. The van der Waals surface area contributed by atoms with Gasteiger partial charge in [0, 0.05) is 4.47 Å². The number of aryl methyl sites for hydroxylation is 1. The molecule has 0 saturated carbocycles. The Morgan fingerprint density at radius 3 is 2.94 bits per heavy atom. The number of aromatic nitrogens is 2. The van der Waals surface area contributed by atoms with Gasteiger partial charge in [-0.25, -0.2) is 4.63 Å². The standard InChI is InChI=1S/C11H9BrN4O/c1-7-11(16-17-15-7)6-14-10-3-2-9(12)4-8(10)5-13/h2-4,14H,6H2,1H3. The third-order valence-corrected chi connectivity index (χ3v) is 2.79. The number of halogens is 1. The molecule has 0 aliphatic rings. The first-order valence-corrected chi connectivity index (χ1v) is 5.71. The first-order valence-electron chi connectivity index (χ1n) is 4.92. The summed E-state index contributed by atoms with van der Waals surface area (Å²) in [6.07, 6.45) is 0. The second-order valence-electron chi connectivity index (χ2n) is 3.45. The van der Waals surface area contributed by atoms with Crippen molar-refractivity contribution in [2.45, 2.75) is 13.5 Å². The lowest BCUT2D eigenvalue weighted by atomic mass is 10.2. The molecule has 0 aliphatic heterocycles. The van der Waals surface area contributed by atoms with E-state index in [-0.39, 0.29) is 0 Å². The van der Waals surface area contributed by atoms with Crippen LogP contribution in [0.5, 0.6) is 0 Å². The second-order valence-corrected chi connectivity index (χ2v) is 4.37. The fourth-order valence-electron chi connectivity index (χ4n) is 1.35. The minimum absolute atomic E-state index is 0.478. The van der Waals surface area contributed by atoms with Crippen molar-refractivity contribution < 1.29 is 4.63 Å². The molecule has 1 aromatic carbocycles. The lowest BCUT2D eigenvalue weighted by Gasteiger charge is -2.06. The predicted molar refractivity (Wildman–Crippen MR) is 65.2 cm³/mol. The molecule has 0 spiro atoms. The van der Waals surface area contributed by atoms with Crippen molar-refractivity contribution in [3.05, 3.63) is 39.6 Å². The van der Waals surface area contributed by atoms with E-state index >= 15 is 0 Å². The van der Waals surface area contributed by atoms with Crippen molar-refractivity contribution in [1.29, 1.82) is 5.26 Å². The van der Waals surface area contributed by atoms with Crippen molar-refractivity contribution >= 4 is 21.6 Å². The van der Waals surface area contributed by atoms with Crippen LogP contribution < -0.4 is 5.32 Å². The molecule has 86 valence electrons. The van der Waals surface area contributed by atoms with Gasteiger partial charge in [0.25, 0.3) is 0 Å². The average molecular weight is 293 g/mol. The summed E-state index contributed by atoms with van der Waals surface area (Å²) in [6.45, 7) is 2.30. The van der Waals surface area contributed by atoms with E-state index in [1.54, 1.807) is 6.07 Å². The monoisotopic (exact) mass is 292 g/mol. The Kier molecular flexibility index (Phi) is 3.40. The number of anilines is 1. The Balaban J connectivity index is 2.15. The fraction of sp³-hybridized carbons (Fsp3) is 0.182. The Hall–Kier alpha value is -1.87. The van der Waals surface area contributed by atoms with Gasteiger partial charge in [-0.1, -0.05) is 26.2 Å². The molecule has 0 amide bonds. The second kappa shape index (κ2) is 4.97. The van der Waals surface area contributed by atoms with Crippen molar-refractivity contribution in [2.24, 2.45) is 0 Å². The molecule has 2 rings (SSSR count). The van der Waals surface area contributed by atoms with Gasteiger partial charge in [-0.15, -0.1) is 0 Å². The molecule has 0 saturated heterocycles. The van der Waals surface area contributed by atoms with Crippen LogP contribution in [-0.2, 0) is 6.54 Å². The first-order chi connectivity index (χ1) is 8.20. The van der Waals surface area contributed by atoms with E-state index in [1.165, 1.54) is 0 Å². The Morgan fingerprint density at radius 1 is 1.47 bits per heavy atom. The quantitative estimate of drug-likeness (QED) is 0.941. The van der Waals surface area contributed by atoms with Gasteiger partial charge in [0.1, 0.15) is 17.5 Å². The van der Waals surface area contributed by atoms with Gasteiger partial charge in [-0.05, 0) is 25.1 Å². The molecule has 0 radical (unpaired) electrons. The summed E-state index contributed by atoms with van der Waals surface area (Å²) in [6, 6.07) is 7.60. The lowest BCUT2D eigenvalue weighted by molar-refractivity contribution is 0.301. The maximum absolute atomic E-state index is 9.00. The summed E-state index contributed by atoms with van der Waals surface area (Å²) >= 11 is 3.32. The molecule has 0 bridgehead atoms. The zero-order valence-corrected chi connectivity index (χ0v) is 10.7. The topological polar surface area (TPSA) is 74.7 Å². The first kappa shape index (κ1) is 11.6. The molecule has 5 nitrogen and oxygen atoms in total. The van der Waals surface area contributed by atoms with Crippen LogP contribution in [0.25, 0.3) is 0 Å². The Morgan fingerprint density at radius 2 is 2.29 bits per heavy atom. The van der Waals surface area contributed by atoms with E-state index in [0.29, 0.717) is 12.1 Å². The molecule has 2 aromatic rings. The molecule has 0 aliphatic carbocycles. The van der Waals surface area contributed by atoms with Crippen LogP contribution >= 0.6 is 15.9 Å². The molecule has 1 aromatic heterocycles. The Bertz CT molecular complexity index is 573. The van der Waals surface area contributed by atoms with Crippen molar-refractivity contribution in [1.82, 2.24) is 10.3 Å². The average Bonchev–Trinajstić information content (AvgIpc) is 2.73. The molecular formula is C11H9BrN4O. The van der Waals surface area contributed by atoms with Gasteiger partial charge < -0.3 is 5.32 Å². The number of rotatable bonds is 3. The zero-order chi connectivity index (χ0) is 12.3. The Labute approximate surface area is 107 Å². The highest BCUT2D eigenvalue weighted by molar-refractivity contribution is 9.10. The summed E-state index contributed by atoms with van der Waals surface area (Å²) in [4.78, 5) is 0. The highest BCUT2D eigenvalue weighted by Crippen LogP contribution is 2.20. The molecule has 0 fully saturated rings. The molecule has 0 atom stereocenters. The predicted octanol–water partition coefficient (Wildman–Crippen LogP) is 2.62. The van der Waals surface area contributed by atoms with Gasteiger partial charge in [0.15, 0.2) is 0 Å². The van der Waals surface area contributed by atoms with Crippen LogP contribution in [0.1, 0.15) is 17.0 Å². The molecule has 17 heavy (non-hydrogen) atoms. The van der Waals surface area contributed by atoms with Crippen LogP contribution in [0.3, 0.4) is 0 Å².